The molecule has 0 saturated carbocycles. The summed E-state index contributed by atoms with van der Waals surface area (Å²) in [5, 5.41) is 23.1. The highest BCUT2D eigenvalue weighted by Gasteiger charge is 2.42. The molecule has 144 valence electrons. The minimum Gasteiger partial charge on any atom is -0.494 e. The van der Waals surface area contributed by atoms with Gasteiger partial charge in [0, 0.05) is 17.8 Å². The van der Waals surface area contributed by atoms with E-state index in [1.807, 2.05) is 6.92 Å². The number of benzene rings is 1. The Labute approximate surface area is 158 Å². The fourth-order valence-corrected chi connectivity index (χ4v) is 2.80. The smallest absolute Gasteiger partial charge is 0.137 e. The minimum atomic E-state index is -0.864. The van der Waals surface area contributed by atoms with E-state index in [9.17, 15) is 15.2 Å². The van der Waals surface area contributed by atoms with E-state index in [4.69, 9.17) is 14.2 Å². The van der Waals surface area contributed by atoms with Gasteiger partial charge in [-0.1, -0.05) is 0 Å². The molecule has 1 aromatic carbocycles. The third-order valence-electron chi connectivity index (χ3n) is 4.16. The topological polar surface area (TPSA) is 101 Å². The predicted octanol–water partition coefficient (Wildman–Crippen LogP) is 2.00. The fraction of sp³-hybridized carbons (Fsp3) is 0.450. The first-order valence-corrected chi connectivity index (χ1v) is 8.69. The molecule has 1 aliphatic heterocycles. The average molecular weight is 372 g/mol. The van der Waals surface area contributed by atoms with Gasteiger partial charge in [0.25, 0.3) is 0 Å². The average Bonchev–Trinajstić information content (AvgIpc) is 2.65. The molecule has 7 nitrogen and oxygen atoms in total. The second kappa shape index (κ2) is 9.24. The summed E-state index contributed by atoms with van der Waals surface area (Å²) in [5.41, 5.74) is 0.357. The maximum Gasteiger partial charge on any atom is 0.137 e. The number of hydrogen-bond acceptors (Lipinski definition) is 7. The molecule has 1 aromatic rings. The predicted molar refractivity (Wildman–Crippen MR) is 98.5 cm³/mol. The number of aliphatic hydroxyl groups is 1. The van der Waals surface area contributed by atoms with Gasteiger partial charge in [-0.2, -0.15) is 5.26 Å². The molecule has 0 unspecified atom stereocenters. The van der Waals surface area contributed by atoms with E-state index in [2.05, 4.69) is 11.4 Å². The molecule has 0 saturated heterocycles. The van der Waals surface area contributed by atoms with E-state index in [-0.39, 0.29) is 13.2 Å². The van der Waals surface area contributed by atoms with Crippen LogP contribution in [0.15, 0.2) is 36.2 Å². The van der Waals surface area contributed by atoms with Crippen LogP contribution >= 0.6 is 0 Å². The lowest BCUT2D eigenvalue weighted by Gasteiger charge is -2.42. The van der Waals surface area contributed by atoms with Crippen LogP contribution in [-0.4, -0.2) is 42.6 Å². The molecule has 1 heterocycles. The molecule has 0 bridgehead atoms. The maximum absolute atomic E-state index is 10.8. The Morgan fingerprint density at radius 3 is 2.93 bits per heavy atom. The highest BCUT2D eigenvalue weighted by Crippen LogP contribution is 2.40. The molecular formula is C20H24N2O5. The molecule has 7 heteroatoms. The number of fused-ring (bicyclic) bond motifs is 1. The summed E-state index contributed by atoms with van der Waals surface area (Å²) >= 11 is 0. The highest BCUT2D eigenvalue weighted by molar-refractivity contribution is 5.46. The van der Waals surface area contributed by atoms with Crippen LogP contribution in [0, 0.1) is 11.3 Å². The first-order valence-electron chi connectivity index (χ1n) is 8.69. The van der Waals surface area contributed by atoms with Crippen LogP contribution in [0.5, 0.6) is 5.75 Å². The van der Waals surface area contributed by atoms with Crippen LogP contribution in [0.25, 0.3) is 0 Å². The van der Waals surface area contributed by atoms with Crippen molar-refractivity contribution in [2.45, 2.75) is 38.5 Å². The van der Waals surface area contributed by atoms with Crippen molar-refractivity contribution in [2.24, 2.45) is 0 Å². The van der Waals surface area contributed by atoms with E-state index in [1.165, 1.54) is 6.08 Å². The van der Waals surface area contributed by atoms with Gasteiger partial charge in [-0.3, -0.25) is 0 Å². The number of rotatable bonds is 8. The lowest BCUT2D eigenvalue weighted by atomic mass is 9.86. The number of carbonyl (C=O) groups excluding carboxylic acids is 1. The third-order valence-corrected chi connectivity index (χ3v) is 4.16. The lowest BCUT2D eigenvalue weighted by Crippen LogP contribution is -2.51. The zero-order valence-corrected chi connectivity index (χ0v) is 15.7. The van der Waals surface area contributed by atoms with Crippen molar-refractivity contribution in [2.75, 3.05) is 19.8 Å². The Morgan fingerprint density at radius 2 is 2.26 bits per heavy atom. The number of aliphatic hydroxyl groups excluding tert-OH is 1. The second-order valence-corrected chi connectivity index (χ2v) is 6.54. The summed E-state index contributed by atoms with van der Waals surface area (Å²) in [6.07, 6.45) is 2.00. The van der Waals surface area contributed by atoms with E-state index in [1.54, 1.807) is 44.2 Å². The Kier molecular flexibility index (Phi) is 7.03. The molecular weight excluding hydrogens is 348 g/mol. The summed E-state index contributed by atoms with van der Waals surface area (Å²) in [7, 11) is 0. The first kappa shape index (κ1) is 20.5. The van der Waals surface area contributed by atoms with E-state index >= 15 is 0 Å². The molecule has 1 aliphatic rings. The Hall–Kier alpha value is -2.78. The fourth-order valence-electron chi connectivity index (χ4n) is 2.80. The van der Waals surface area contributed by atoms with E-state index in [0.717, 1.165) is 0 Å². The molecule has 2 rings (SSSR count). The summed E-state index contributed by atoms with van der Waals surface area (Å²) in [6.45, 7) is 6.19. The van der Waals surface area contributed by atoms with Crippen molar-refractivity contribution in [3.8, 4) is 11.8 Å². The van der Waals surface area contributed by atoms with Crippen LogP contribution in [0.3, 0.4) is 0 Å². The van der Waals surface area contributed by atoms with E-state index < -0.39 is 17.7 Å². The molecule has 2 N–H and O–H groups in total. The van der Waals surface area contributed by atoms with Gasteiger partial charge in [-0.25, -0.2) is 4.79 Å². The second-order valence-electron chi connectivity index (χ2n) is 6.54. The molecule has 0 amide bonds. The van der Waals surface area contributed by atoms with Gasteiger partial charge in [-0.15, -0.1) is 0 Å². The summed E-state index contributed by atoms with van der Waals surface area (Å²) in [4.78, 5) is 10.2. The summed E-state index contributed by atoms with van der Waals surface area (Å²) in [5.74, 6) is 2.78. The molecule has 27 heavy (non-hydrogen) atoms. The highest BCUT2D eigenvalue weighted by atomic mass is 16.5. The molecule has 0 spiro atoms. The maximum atomic E-state index is 10.8. The Balaban J connectivity index is 2.26. The number of ether oxygens (including phenoxy) is 3. The van der Waals surface area contributed by atoms with Gasteiger partial charge in [0.15, 0.2) is 0 Å². The number of hydrogen-bond donors (Lipinski definition) is 2. The zero-order valence-electron chi connectivity index (χ0n) is 15.7. The van der Waals surface area contributed by atoms with Crippen molar-refractivity contribution >= 4 is 5.94 Å². The van der Waals surface area contributed by atoms with Crippen LogP contribution < -0.4 is 10.1 Å². The molecule has 2 atom stereocenters. The standard InChI is InChI=1S/C20H24N2O5/c1-4-26-15(13-25-9-5-8-23)12-22-18-16-10-14(11-21)6-7-17(16)27-20(2,3)19(18)24/h5-7,10,12,18-19,22,24H,4,9,13H2,1-3H3/b15-12+/t18-,19+/m0/s1. The number of nitrogens with zero attached hydrogens (tertiary/aromatic N) is 1. The number of nitriles is 1. The summed E-state index contributed by atoms with van der Waals surface area (Å²) < 4.78 is 16.7. The SMILES string of the molecule is CCO/C(=C/N[C@H]1c2cc(C#N)ccc2OC(C)(C)[C@@H]1O)COCC=C=O. The van der Waals surface area contributed by atoms with E-state index in [0.29, 0.717) is 29.2 Å². The molecule has 0 aromatic heterocycles. The largest absolute Gasteiger partial charge is 0.494 e. The third kappa shape index (κ3) is 5.11. The van der Waals surface area contributed by atoms with Crippen molar-refractivity contribution < 1.29 is 24.1 Å². The van der Waals surface area contributed by atoms with Gasteiger partial charge < -0.3 is 24.6 Å². The van der Waals surface area contributed by atoms with Crippen molar-refractivity contribution in [1.82, 2.24) is 5.32 Å². The summed E-state index contributed by atoms with van der Waals surface area (Å²) in [6, 6.07) is 6.71. The van der Waals surface area contributed by atoms with Crippen molar-refractivity contribution in [3.05, 3.63) is 47.4 Å². The quantitative estimate of drug-likeness (QED) is 0.409. The monoisotopic (exact) mass is 372 g/mol. The van der Waals surface area contributed by atoms with Gasteiger partial charge in [0.05, 0.1) is 30.9 Å². The van der Waals surface area contributed by atoms with Crippen LogP contribution in [-0.2, 0) is 14.3 Å². The molecule has 0 fully saturated rings. The van der Waals surface area contributed by atoms with Gasteiger partial charge in [-0.05, 0) is 39.0 Å². The molecule has 0 aliphatic carbocycles. The minimum absolute atomic E-state index is 0.134. The first-order chi connectivity index (χ1) is 12.9. The Bertz CT molecular complexity index is 775. The van der Waals surface area contributed by atoms with Gasteiger partial charge >= 0.3 is 0 Å². The van der Waals surface area contributed by atoms with Crippen LogP contribution in [0.1, 0.15) is 37.9 Å². The molecule has 0 radical (unpaired) electrons. The number of nitrogens with one attached hydrogen (secondary N) is 1. The van der Waals surface area contributed by atoms with Gasteiger partial charge in [0.1, 0.15) is 35.8 Å². The van der Waals surface area contributed by atoms with Crippen LogP contribution in [0.2, 0.25) is 0 Å². The van der Waals surface area contributed by atoms with Gasteiger partial charge in [0.2, 0.25) is 0 Å². The Morgan fingerprint density at radius 1 is 1.48 bits per heavy atom. The normalized spacial score (nSPS) is 20.5. The van der Waals surface area contributed by atoms with Crippen molar-refractivity contribution in [3.63, 3.8) is 0 Å². The zero-order chi connectivity index (χ0) is 19.9. The van der Waals surface area contributed by atoms with Crippen LogP contribution in [0.4, 0.5) is 0 Å². The lowest BCUT2D eigenvalue weighted by molar-refractivity contribution is -0.0623. The van der Waals surface area contributed by atoms with Crippen molar-refractivity contribution in [1.29, 1.82) is 5.26 Å².